The molecule has 2 rings (SSSR count). The largest absolute Gasteiger partial charge is 0.480 e. The zero-order valence-electron chi connectivity index (χ0n) is 19.3. The number of carboxylic acid groups (broad SMARTS) is 1. The summed E-state index contributed by atoms with van der Waals surface area (Å²) in [5, 5.41) is 24.3. The lowest BCUT2D eigenvalue weighted by Crippen LogP contribution is -2.58. The summed E-state index contributed by atoms with van der Waals surface area (Å²) in [5.74, 6) is -2.95. The molecule has 190 valence electrons. The summed E-state index contributed by atoms with van der Waals surface area (Å²) in [7, 11) is 0. The van der Waals surface area contributed by atoms with Gasteiger partial charge in [-0.3, -0.25) is 14.4 Å². The van der Waals surface area contributed by atoms with Gasteiger partial charge in [-0.25, -0.2) is 9.78 Å². The number of carbonyl (C=O) groups excluding carboxylic acids is 3. The second-order valence-corrected chi connectivity index (χ2v) is 8.48. The van der Waals surface area contributed by atoms with Gasteiger partial charge in [-0.1, -0.05) is 0 Å². The number of amides is 3. The maximum Gasteiger partial charge on any atom is 0.326 e. The average molecular weight is 482 g/mol. The molecule has 1 aliphatic rings. The summed E-state index contributed by atoms with van der Waals surface area (Å²) in [6, 6.07) is -4.28. The van der Waals surface area contributed by atoms with Gasteiger partial charge in [0.2, 0.25) is 17.7 Å². The van der Waals surface area contributed by atoms with Gasteiger partial charge in [-0.2, -0.15) is 0 Å². The standard InChI is InChI=1S/C21H35N7O6/c1-12(29)17(23)19(31)26-14(5-2-3-7-22)18(30)27-15(9-13-10-24-11-25-13)20(32)28-8-4-6-16(28)21(33)34/h10-12,14-17,29H,2-9,22-23H2,1H3,(H,24,25)(H,26,31)(H,27,30)(H,33,34). The van der Waals surface area contributed by atoms with Crippen molar-refractivity contribution in [3.63, 3.8) is 0 Å². The normalized spacial score (nSPS) is 19.2. The van der Waals surface area contributed by atoms with Gasteiger partial charge in [-0.05, 0) is 45.6 Å². The monoisotopic (exact) mass is 481 g/mol. The number of unbranched alkanes of at least 4 members (excludes halogenated alkanes) is 1. The number of hydrogen-bond acceptors (Lipinski definition) is 8. The number of H-pyrrole nitrogens is 1. The van der Waals surface area contributed by atoms with Gasteiger partial charge in [0, 0.05) is 24.9 Å². The van der Waals surface area contributed by atoms with E-state index >= 15 is 0 Å². The second kappa shape index (κ2) is 13.0. The molecule has 0 aliphatic carbocycles. The summed E-state index contributed by atoms with van der Waals surface area (Å²) in [4.78, 5) is 58.5. The molecular weight excluding hydrogens is 446 g/mol. The summed E-state index contributed by atoms with van der Waals surface area (Å²) in [6.07, 6.45) is 4.15. The number of nitrogens with two attached hydrogens (primary N) is 2. The number of rotatable bonds is 13. The van der Waals surface area contributed by atoms with Crippen LogP contribution in [0.15, 0.2) is 12.5 Å². The number of carboxylic acids is 1. The lowest BCUT2D eigenvalue weighted by molar-refractivity contribution is -0.149. The van der Waals surface area contributed by atoms with Crippen LogP contribution in [0.3, 0.4) is 0 Å². The van der Waals surface area contributed by atoms with Crippen molar-refractivity contribution in [1.29, 1.82) is 0 Å². The van der Waals surface area contributed by atoms with Gasteiger partial charge < -0.3 is 42.2 Å². The number of nitrogens with zero attached hydrogens (tertiary/aromatic N) is 2. The molecule has 5 atom stereocenters. The fourth-order valence-electron chi connectivity index (χ4n) is 3.82. The minimum Gasteiger partial charge on any atom is -0.480 e. The summed E-state index contributed by atoms with van der Waals surface area (Å²) < 4.78 is 0. The van der Waals surface area contributed by atoms with Gasteiger partial charge in [-0.15, -0.1) is 0 Å². The van der Waals surface area contributed by atoms with Crippen LogP contribution in [-0.4, -0.2) is 92.1 Å². The van der Waals surface area contributed by atoms with Crippen LogP contribution in [0, 0.1) is 0 Å². The number of hydrogen-bond donors (Lipinski definition) is 7. The third-order valence-electron chi connectivity index (χ3n) is 5.82. The Morgan fingerprint density at radius 1 is 1.24 bits per heavy atom. The SMILES string of the molecule is CC(O)C(N)C(=O)NC(CCCCN)C(=O)NC(Cc1cnc[nH]1)C(=O)N1CCCC1C(=O)O. The second-order valence-electron chi connectivity index (χ2n) is 8.48. The Hall–Kier alpha value is -3.03. The van der Waals surface area contributed by atoms with E-state index in [4.69, 9.17) is 11.5 Å². The molecule has 0 saturated carbocycles. The van der Waals surface area contributed by atoms with Crippen molar-refractivity contribution < 1.29 is 29.4 Å². The number of carbonyl (C=O) groups is 4. The maximum absolute atomic E-state index is 13.3. The lowest BCUT2D eigenvalue weighted by Gasteiger charge is -2.29. The van der Waals surface area contributed by atoms with Gasteiger partial charge in [0.15, 0.2) is 0 Å². The maximum atomic E-state index is 13.3. The van der Waals surface area contributed by atoms with Crippen LogP contribution in [0.5, 0.6) is 0 Å². The molecule has 1 saturated heterocycles. The van der Waals surface area contributed by atoms with E-state index in [1.165, 1.54) is 24.3 Å². The zero-order chi connectivity index (χ0) is 25.3. The van der Waals surface area contributed by atoms with E-state index in [-0.39, 0.29) is 19.4 Å². The minimum absolute atomic E-state index is 0.0596. The number of likely N-dealkylation sites (tertiary alicyclic amines) is 1. The van der Waals surface area contributed by atoms with E-state index in [2.05, 4.69) is 20.6 Å². The summed E-state index contributed by atoms with van der Waals surface area (Å²) >= 11 is 0. The van der Waals surface area contributed by atoms with Gasteiger partial charge >= 0.3 is 5.97 Å². The molecule has 0 spiro atoms. The van der Waals surface area contributed by atoms with E-state index < -0.39 is 54.0 Å². The Morgan fingerprint density at radius 3 is 2.53 bits per heavy atom. The smallest absolute Gasteiger partial charge is 0.326 e. The number of aliphatic hydroxyl groups excluding tert-OH is 1. The highest BCUT2D eigenvalue weighted by Gasteiger charge is 2.38. The Balaban J connectivity index is 2.20. The highest BCUT2D eigenvalue weighted by Crippen LogP contribution is 2.19. The predicted octanol–water partition coefficient (Wildman–Crippen LogP) is -2.17. The molecule has 2 heterocycles. The van der Waals surface area contributed by atoms with Crippen molar-refractivity contribution >= 4 is 23.7 Å². The fourth-order valence-corrected chi connectivity index (χ4v) is 3.82. The van der Waals surface area contributed by atoms with E-state index in [0.717, 1.165) is 0 Å². The minimum atomic E-state index is -1.23. The highest BCUT2D eigenvalue weighted by molar-refractivity contribution is 5.94. The Morgan fingerprint density at radius 2 is 1.94 bits per heavy atom. The molecule has 13 nitrogen and oxygen atoms in total. The van der Waals surface area contributed by atoms with Crippen LogP contribution < -0.4 is 22.1 Å². The van der Waals surface area contributed by atoms with Crippen molar-refractivity contribution in [3.8, 4) is 0 Å². The molecule has 1 aromatic heterocycles. The predicted molar refractivity (Wildman–Crippen MR) is 121 cm³/mol. The van der Waals surface area contributed by atoms with Crippen LogP contribution in [-0.2, 0) is 25.6 Å². The fraction of sp³-hybridized carbons (Fsp3) is 0.667. The third-order valence-corrected chi connectivity index (χ3v) is 5.82. The number of aliphatic carboxylic acids is 1. The van der Waals surface area contributed by atoms with E-state index in [9.17, 15) is 29.4 Å². The molecule has 13 heteroatoms. The Kier molecular flexibility index (Phi) is 10.4. The van der Waals surface area contributed by atoms with Gasteiger partial charge in [0.05, 0.1) is 12.4 Å². The van der Waals surface area contributed by atoms with Crippen LogP contribution >= 0.6 is 0 Å². The van der Waals surface area contributed by atoms with E-state index in [0.29, 0.717) is 37.9 Å². The van der Waals surface area contributed by atoms with Crippen molar-refractivity contribution in [2.75, 3.05) is 13.1 Å². The number of nitrogens with one attached hydrogen (secondary N) is 3. The average Bonchev–Trinajstić information content (AvgIpc) is 3.49. The zero-order valence-corrected chi connectivity index (χ0v) is 19.3. The molecule has 3 amide bonds. The molecule has 0 aromatic carbocycles. The quantitative estimate of drug-likeness (QED) is 0.152. The molecule has 9 N–H and O–H groups in total. The number of aromatic amines is 1. The van der Waals surface area contributed by atoms with Crippen molar-refractivity contribution in [3.05, 3.63) is 18.2 Å². The summed E-state index contributed by atoms with van der Waals surface area (Å²) in [5.41, 5.74) is 11.8. The first kappa shape index (κ1) is 27.2. The molecule has 1 fully saturated rings. The molecule has 34 heavy (non-hydrogen) atoms. The van der Waals surface area contributed by atoms with Crippen LogP contribution in [0.25, 0.3) is 0 Å². The molecule has 5 unspecified atom stereocenters. The first-order chi connectivity index (χ1) is 16.1. The van der Waals surface area contributed by atoms with E-state index in [1.54, 1.807) is 0 Å². The Labute approximate surface area is 197 Å². The molecule has 1 aromatic rings. The first-order valence-corrected chi connectivity index (χ1v) is 11.4. The molecular formula is C21H35N7O6. The lowest BCUT2D eigenvalue weighted by atomic mass is 10.0. The Bertz CT molecular complexity index is 832. The topological polar surface area (TPSA) is 217 Å². The number of imidazole rings is 1. The third kappa shape index (κ3) is 7.50. The van der Waals surface area contributed by atoms with Gasteiger partial charge in [0.1, 0.15) is 24.2 Å². The van der Waals surface area contributed by atoms with Crippen molar-refractivity contribution in [2.24, 2.45) is 11.5 Å². The number of aliphatic hydroxyl groups is 1. The van der Waals surface area contributed by atoms with Crippen molar-refractivity contribution in [1.82, 2.24) is 25.5 Å². The molecule has 0 radical (unpaired) electrons. The van der Waals surface area contributed by atoms with Crippen LogP contribution in [0.2, 0.25) is 0 Å². The van der Waals surface area contributed by atoms with Gasteiger partial charge in [0.25, 0.3) is 0 Å². The molecule has 0 bridgehead atoms. The van der Waals surface area contributed by atoms with Crippen molar-refractivity contribution in [2.45, 2.75) is 75.7 Å². The van der Waals surface area contributed by atoms with Crippen LogP contribution in [0.1, 0.15) is 44.7 Å². The van der Waals surface area contributed by atoms with E-state index in [1.807, 2.05) is 0 Å². The molecule has 1 aliphatic heterocycles. The highest BCUT2D eigenvalue weighted by atomic mass is 16.4. The van der Waals surface area contributed by atoms with Crippen LogP contribution in [0.4, 0.5) is 0 Å². The summed E-state index contributed by atoms with van der Waals surface area (Å²) in [6.45, 7) is 2.04. The first-order valence-electron chi connectivity index (χ1n) is 11.4. The number of aromatic nitrogens is 2.